The maximum absolute atomic E-state index is 5.34. The van der Waals surface area contributed by atoms with Gasteiger partial charge in [0.2, 0.25) is 0 Å². The molecular weight excluding hydrogens is 198 g/mol. The maximum Gasteiger partial charge on any atom is 0.0594 e. The van der Waals surface area contributed by atoms with Crippen molar-refractivity contribution in [3.63, 3.8) is 0 Å². The molecule has 1 aliphatic rings. The minimum atomic E-state index is 0.407. The third-order valence-electron chi connectivity index (χ3n) is 3.80. The molecule has 1 fully saturated rings. The van der Waals surface area contributed by atoms with E-state index >= 15 is 0 Å². The average Bonchev–Trinajstić information content (AvgIpc) is 2.39. The Morgan fingerprint density at radius 2 is 1.38 bits per heavy atom. The highest BCUT2D eigenvalue weighted by Crippen LogP contribution is 2.23. The Hall–Kier alpha value is -0.0800. The second-order valence-corrected chi connectivity index (χ2v) is 4.80. The lowest BCUT2D eigenvalue weighted by atomic mass is 9.93. The first-order chi connectivity index (χ1) is 7.64. The van der Waals surface area contributed by atoms with Gasteiger partial charge in [-0.2, -0.15) is 0 Å². The number of nitrogens with zero attached hydrogens (tertiary/aromatic N) is 1. The van der Waals surface area contributed by atoms with E-state index in [1.54, 1.807) is 0 Å². The van der Waals surface area contributed by atoms with Crippen LogP contribution in [0.4, 0.5) is 0 Å². The second-order valence-electron chi connectivity index (χ2n) is 4.80. The van der Waals surface area contributed by atoms with Crippen LogP contribution in [0.1, 0.15) is 60.3 Å². The summed E-state index contributed by atoms with van der Waals surface area (Å²) in [5, 5.41) is 0. The first-order valence-corrected chi connectivity index (χ1v) is 6.97. The number of unbranched alkanes of at least 4 members (excludes halogenated alkanes) is 1. The highest BCUT2D eigenvalue weighted by atomic mass is 16.5. The van der Waals surface area contributed by atoms with Crippen molar-refractivity contribution >= 4 is 0 Å². The van der Waals surface area contributed by atoms with Crippen LogP contribution in [0.15, 0.2) is 0 Å². The van der Waals surface area contributed by atoms with E-state index in [0.717, 1.165) is 26.3 Å². The third-order valence-corrected chi connectivity index (χ3v) is 3.80. The molecule has 0 aliphatic carbocycles. The highest BCUT2D eigenvalue weighted by Gasteiger charge is 2.28. The maximum atomic E-state index is 5.34. The van der Waals surface area contributed by atoms with Gasteiger partial charge in [0.15, 0.2) is 0 Å². The van der Waals surface area contributed by atoms with Crippen molar-refractivity contribution < 1.29 is 4.74 Å². The Labute approximate surface area is 102 Å². The summed E-state index contributed by atoms with van der Waals surface area (Å²) in [6, 6.07) is 0. The zero-order valence-electron chi connectivity index (χ0n) is 12.0. The molecule has 0 aromatic carbocycles. The molecule has 98 valence electrons. The smallest absolute Gasteiger partial charge is 0.0594 e. The van der Waals surface area contributed by atoms with Gasteiger partial charge in [0.25, 0.3) is 0 Å². The number of hydrogen-bond donors (Lipinski definition) is 0. The van der Waals surface area contributed by atoms with E-state index in [0.29, 0.717) is 5.54 Å². The summed E-state index contributed by atoms with van der Waals surface area (Å²) in [7, 11) is 0. The molecule has 2 heteroatoms. The zero-order valence-corrected chi connectivity index (χ0v) is 12.0. The van der Waals surface area contributed by atoms with Crippen LogP contribution in [-0.4, -0.2) is 36.7 Å². The molecule has 0 radical (unpaired) electrons. The lowest BCUT2D eigenvalue weighted by molar-refractivity contribution is -0.0192. The van der Waals surface area contributed by atoms with Gasteiger partial charge in [-0.25, -0.2) is 0 Å². The molecule has 0 amide bonds. The Morgan fingerprint density at radius 3 is 1.69 bits per heavy atom. The van der Waals surface area contributed by atoms with Gasteiger partial charge in [0, 0.05) is 18.6 Å². The molecule has 0 N–H and O–H groups in total. The summed E-state index contributed by atoms with van der Waals surface area (Å²) in [6.45, 7) is 15.3. The molecule has 0 spiro atoms. The summed E-state index contributed by atoms with van der Waals surface area (Å²) >= 11 is 0. The van der Waals surface area contributed by atoms with Crippen molar-refractivity contribution in [3.05, 3.63) is 0 Å². The minimum Gasteiger partial charge on any atom is -0.379 e. The first-order valence-electron chi connectivity index (χ1n) is 6.97. The quantitative estimate of drug-likeness (QED) is 0.729. The van der Waals surface area contributed by atoms with Crippen molar-refractivity contribution in [2.45, 2.75) is 65.8 Å². The molecule has 1 rings (SSSR count). The summed E-state index contributed by atoms with van der Waals surface area (Å²) in [5.74, 6) is 0. The number of hydrogen-bond acceptors (Lipinski definition) is 2. The van der Waals surface area contributed by atoms with Gasteiger partial charge in [0.1, 0.15) is 0 Å². The molecule has 1 heterocycles. The lowest BCUT2D eigenvalue weighted by Gasteiger charge is -2.42. The first kappa shape index (κ1) is 15.9. The lowest BCUT2D eigenvalue weighted by Crippen LogP contribution is -2.50. The van der Waals surface area contributed by atoms with E-state index in [-0.39, 0.29) is 0 Å². The predicted molar refractivity (Wildman–Crippen MR) is 72.0 cm³/mol. The Morgan fingerprint density at radius 1 is 0.938 bits per heavy atom. The summed E-state index contributed by atoms with van der Waals surface area (Å²) in [5.41, 5.74) is 0.407. The third kappa shape index (κ3) is 5.31. The fraction of sp³-hybridized carbons (Fsp3) is 1.00. The number of ether oxygens (including phenoxy) is 1. The van der Waals surface area contributed by atoms with E-state index in [2.05, 4.69) is 39.5 Å². The normalized spacial score (nSPS) is 17.8. The molecule has 0 saturated carbocycles. The minimum absolute atomic E-state index is 0.407. The van der Waals surface area contributed by atoms with Crippen molar-refractivity contribution in [3.8, 4) is 0 Å². The van der Waals surface area contributed by atoms with Crippen LogP contribution in [0.2, 0.25) is 0 Å². The van der Waals surface area contributed by atoms with Gasteiger partial charge in [0.05, 0.1) is 13.2 Å². The second kappa shape index (κ2) is 9.00. The van der Waals surface area contributed by atoms with Crippen molar-refractivity contribution in [1.82, 2.24) is 4.90 Å². The molecule has 1 saturated heterocycles. The van der Waals surface area contributed by atoms with Crippen molar-refractivity contribution in [1.29, 1.82) is 0 Å². The van der Waals surface area contributed by atoms with E-state index in [1.807, 2.05) is 0 Å². The molecule has 2 nitrogen and oxygen atoms in total. The van der Waals surface area contributed by atoms with Gasteiger partial charge < -0.3 is 4.74 Å². The zero-order chi connectivity index (χ0) is 12.4. The average molecular weight is 229 g/mol. The molecule has 0 unspecified atom stereocenters. The van der Waals surface area contributed by atoms with Gasteiger partial charge in [-0.05, 0) is 19.8 Å². The summed E-state index contributed by atoms with van der Waals surface area (Å²) in [6.07, 6.45) is 5.12. The molecule has 0 aromatic heterocycles. The van der Waals surface area contributed by atoms with Gasteiger partial charge in [-0.3, -0.25) is 4.90 Å². The van der Waals surface area contributed by atoms with Crippen LogP contribution in [-0.2, 0) is 4.74 Å². The fourth-order valence-corrected chi connectivity index (χ4v) is 1.80. The highest BCUT2D eigenvalue weighted by molar-refractivity contribution is 4.84. The molecule has 0 aromatic rings. The fourth-order valence-electron chi connectivity index (χ4n) is 1.80. The van der Waals surface area contributed by atoms with Crippen LogP contribution >= 0.6 is 0 Å². The number of rotatable bonds is 4. The van der Waals surface area contributed by atoms with Gasteiger partial charge in [-0.15, -0.1) is 0 Å². The van der Waals surface area contributed by atoms with Crippen LogP contribution in [0.3, 0.4) is 0 Å². The van der Waals surface area contributed by atoms with Crippen molar-refractivity contribution in [2.24, 2.45) is 0 Å². The predicted octanol–water partition coefficient (Wildman–Crippen LogP) is 3.70. The van der Waals surface area contributed by atoms with Crippen LogP contribution in [0, 0.1) is 0 Å². The molecule has 16 heavy (non-hydrogen) atoms. The monoisotopic (exact) mass is 229 g/mol. The summed E-state index contributed by atoms with van der Waals surface area (Å²) in [4.78, 5) is 2.57. The Kier molecular flexibility index (Phi) is 8.96. The Balaban J connectivity index is 0.000000487. The van der Waals surface area contributed by atoms with E-state index in [9.17, 15) is 0 Å². The van der Waals surface area contributed by atoms with Crippen LogP contribution in [0.5, 0.6) is 0 Å². The molecule has 0 bridgehead atoms. The number of morpholine rings is 1. The summed E-state index contributed by atoms with van der Waals surface area (Å²) < 4.78 is 5.34. The van der Waals surface area contributed by atoms with Gasteiger partial charge >= 0.3 is 0 Å². The van der Waals surface area contributed by atoms with Crippen molar-refractivity contribution in [2.75, 3.05) is 26.3 Å². The van der Waals surface area contributed by atoms with Gasteiger partial charge in [-0.1, -0.05) is 40.5 Å². The largest absolute Gasteiger partial charge is 0.379 e. The molecular formula is C14H31NO. The Bertz CT molecular complexity index is 147. The SMILES string of the molecule is CCC(C)(CC)N1CCOCC1.CCCC. The van der Waals surface area contributed by atoms with Crippen LogP contribution < -0.4 is 0 Å². The van der Waals surface area contributed by atoms with Crippen LogP contribution in [0.25, 0.3) is 0 Å². The van der Waals surface area contributed by atoms with E-state index in [1.165, 1.54) is 25.7 Å². The molecule has 1 aliphatic heterocycles. The topological polar surface area (TPSA) is 12.5 Å². The standard InChI is InChI=1S/C10H21NO.C4H10/c1-4-10(3,5-2)11-6-8-12-9-7-11;1-3-4-2/h4-9H2,1-3H3;3-4H2,1-2H3. The molecule has 0 atom stereocenters. The van der Waals surface area contributed by atoms with E-state index < -0.39 is 0 Å². The van der Waals surface area contributed by atoms with E-state index in [4.69, 9.17) is 4.74 Å².